The first-order valence-electron chi connectivity index (χ1n) is 7.19. The number of nitrogens with zero attached hydrogens (tertiary/aromatic N) is 2. The van der Waals surface area contributed by atoms with Gasteiger partial charge in [-0.05, 0) is 38.7 Å². The molecule has 2 rings (SSSR count). The summed E-state index contributed by atoms with van der Waals surface area (Å²) in [5, 5.41) is 19.1. The van der Waals surface area contributed by atoms with E-state index >= 15 is 0 Å². The van der Waals surface area contributed by atoms with Crippen molar-refractivity contribution in [2.24, 2.45) is 0 Å². The number of carbonyl (C=O) groups is 1. The highest BCUT2D eigenvalue weighted by Crippen LogP contribution is 2.18. The van der Waals surface area contributed by atoms with Crippen LogP contribution in [0, 0.1) is 6.92 Å². The first-order chi connectivity index (χ1) is 10.8. The van der Waals surface area contributed by atoms with E-state index in [2.05, 4.69) is 0 Å². The number of aromatic nitrogens is 1. The molecule has 1 aromatic carbocycles. The van der Waals surface area contributed by atoms with E-state index < -0.39 is 11.4 Å². The van der Waals surface area contributed by atoms with Crippen molar-refractivity contribution >= 4 is 5.97 Å². The Bertz CT molecular complexity index is 776. The number of hydrogen-bond donors (Lipinski definition) is 2. The molecule has 0 saturated heterocycles. The highest BCUT2D eigenvalue weighted by atomic mass is 16.4. The van der Waals surface area contributed by atoms with E-state index in [9.17, 15) is 14.7 Å². The van der Waals surface area contributed by atoms with Crippen molar-refractivity contribution in [1.82, 2.24) is 9.47 Å². The van der Waals surface area contributed by atoms with Gasteiger partial charge in [-0.15, -0.1) is 0 Å². The third-order valence-corrected chi connectivity index (χ3v) is 3.61. The average molecular weight is 316 g/mol. The molecule has 6 heteroatoms. The van der Waals surface area contributed by atoms with Gasteiger partial charge in [0.15, 0.2) is 5.75 Å². The molecule has 122 valence electrons. The lowest BCUT2D eigenvalue weighted by Crippen LogP contribution is -2.22. The molecule has 2 N–H and O–H groups in total. The van der Waals surface area contributed by atoms with Crippen LogP contribution in [0.25, 0.3) is 0 Å². The Hall–Kier alpha value is -2.60. The summed E-state index contributed by atoms with van der Waals surface area (Å²) in [6.07, 6.45) is 0. The fourth-order valence-electron chi connectivity index (χ4n) is 2.43. The van der Waals surface area contributed by atoms with Gasteiger partial charge >= 0.3 is 5.97 Å². The molecule has 1 heterocycles. The van der Waals surface area contributed by atoms with Gasteiger partial charge < -0.3 is 19.7 Å². The maximum Gasteiger partial charge on any atom is 0.335 e. The summed E-state index contributed by atoms with van der Waals surface area (Å²) in [4.78, 5) is 24.6. The van der Waals surface area contributed by atoms with Crippen LogP contribution in [0.15, 0.2) is 35.1 Å². The monoisotopic (exact) mass is 316 g/mol. The largest absolute Gasteiger partial charge is 0.503 e. The summed E-state index contributed by atoms with van der Waals surface area (Å²) in [5.74, 6) is -1.21. The second kappa shape index (κ2) is 6.66. The van der Waals surface area contributed by atoms with Crippen LogP contribution in [0.1, 0.15) is 27.3 Å². The molecule has 0 atom stereocenters. The zero-order chi connectivity index (χ0) is 17.1. The van der Waals surface area contributed by atoms with Gasteiger partial charge in [-0.25, -0.2) is 4.79 Å². The predicted molar refractivity (Wildman–Crippen MR) is 87.0 cm³/mol. The highest BCUT2D eigenvalue weighted by Gasteiger charge is 2.14. The van der Waals surface area contributed by atoms with Crippen molar-refractivity contribution in [3.63, 3.8) is 0 Å². The fourth-order valence-corrected chi connectivity index (χ4v) is 2.43. The van der Waals surface area contributed by atoms with Gasteiger partial charge in [0.25, 0.3) is 0 Å². The molecule has 0 saturated carbocycles. The normalized spacial score (nSPS) is 11.0. The quantitative estimate of drug-likeness (QED) is 0.877. The maximum absolute atomic E-state index is 11.8. The number of carboxylic acid groups (broad SMARTS) is 1. The third kappa shape index (κ3) is 3.78. The number of aryl methyl sites for hydroxylation is 1. The molecule has 6 nitrogen and oxygen atoms in total. The van der Waals surface area contributed by atoms with Crippen molar-refractivity contribution in [2.75, 3.05) is 14.1 Å². The van der Waals surface area contributed by atoms with Crippen molar-refractivity contribution in [1.29, 1.82) is 0 Å². The molecular weight excluding hydrogens is 296 g/mol. The molecule has 0 radical (unpaired) electrons. The Morgan fingerprint density at radius 3 is 2.35 bits per heavy atom. The Balaban J connectivity index is 2.44. The van der Waals surface area contributed by atoms with Crippen LogP contribution in [0.4, 0.5) is 0 Å². The Kier molecular flexibility index (Phi) is 4.86. The predicted octanol–water partition coefficient (Wildman–Crippen LogP) is 1.67. The topological polar surface area (TPSA) is 82.8 Å². The first kappa shape index (κ1) is 16.8. The number of rotatable bonds is 5. The van der Waals surface area contributed by atoms with Crippen LogP contribution < -0.4 is 5.43 Å². The molecule has 0 aliphatic heterocycles. The van der Waals surface area contributed by atoms with E-state index in [0.717, 1.165) is 11.3 Å². The zero-order valence-electron chi connectivity index (χ0n) is 13.4. The molecule has 0 fully saturated rings. The minimum absolute atomic E-state index is 0.224. The van der Waals surface area contributed by atoms with Crippen LogP contribution in [0.5, 0.6) is 5.75 Å². The number of carboxylic acids is 1. The summed E-state index contributed by atoms with van der Waals surface area (Å²) in [6, 6.07) is 7.96. The minimum Gasteiger partial charge on any atom is -0.503 e. The van der Waals surface area contributed by atoms with Crippen LogP contribution in [-0.4, -0.2) is 39.7 Å². The van der Waals surface area contributed by atoms with E-state index in [0.29, 0.717) is 18.8 Å². The van der Waals surface area contributed by atoms with Gasteiger partial charge in [-0.1, -0.05) is 12.1 Å². The Morgan fingerprint density at radius 1 is 1.22 bits per heavy atom. The van der Waals surface area contributed by atoms with Gasteiger partial charge in [0.2, 0.25) is 5.43 Å². The van der Waals surface area contributed by atoms with Crippen molar-refractivity contribution in [3.8, 4) is 5.75 Å². The maximum atomic E-state index is 11.8. The number of aromatic carboxylic acids is 1. The molecule has 1 aromatic heterocycles. The Labute approximate surface area is 134 Å². The number of pyridine rings is 1. The van der Waals surface area contributed by atoms with Gasteiger partial charge in [0, 0.05) is 24.8 Å². The average Bonchev–Trinajstić information content (AvgIpc) is 2.48. The zero-order valence-corrected chi connectivity index (χ0v) is 13.4. The van der Waals surface area contributed by atoms with E-state index in [4.69, 9.17) is 5.11 Å². The second-order valence-electron chi connectivity index (χ2n) is 5.77. The van der Waals surface area contributed by atoms with Crippen LogP contribution in [0.3, 0.4) is 0 Å². The van der Waals surface area contributed by atoms with Gasteiger partial charge in [0.05, 0.1) is 11.3 Å². The molecule has 0 amide bonds. The molecule has 23 heavy (non-hydrogen) atoms. The lowest BCUT2D eigenvalue weighted by atomic mass is 10.1. The second-order valence-corrected chi connectivity index (χ2v) is 5.77. The van der Waals surface area contributed by atoms with Crippen LogP contribution in [0.2, 0.25) is 0 Å². The first-order valence-corrected chi connectivity index (χ1v) is 7.19. The molecular formula is C17H20N2O4. The summed E-state index contributed by atoms with van der Waals surface area (Å²) in [5.41, 5.74) is 2.01. The van der Waals surface area contributed by atoms with E-state index in [1.54, 1.807) is 24.3 Å². The standard InChI is InChI=1S/C17H20N2O4/c1-11-8-15(20)16(21)14(10-18(2)3)19(11)9-12-4-6-13(7-5-12)17(22)23/h4-8,21H,9-10H2,1-3H3,(H,22,23). The fraction of sp³-hybridized carbons (Fsp3) is 0.294. The molecule has 2 aromatic rings. The van der Waals surface area contributed by atoms with Crippen molar-refractivity contribution in [3.05, 3.63) is 63.1 Å². The van der Waals surface area contributed by atoms with E-state index in [1.807, 2.05) is 30.5 Å². The number of benzene rings is 1. The minimum atomic E-state index is -0.970. The van der Waals surface area contributed by atoms with Crippen LogP contribution in [-0.2, 0) is 13.1 Å². The lowest BCUT2D eigenvalue weighted by molar-refractivity contribution is 0.0697. The molecule has 0 aliphatic carbocycles. The summed E-state index contributed by atoms with van der Waals surface area (Å²) < 4.78 is 1.87. The van der Waals surface area contributed by atoms with E-state index in [1.165, 1.54) is 6.07 Å². The van der Waals surface area contributed by atoms with Crippen molar-refractivity contribution < 1.29 is 15.0 Å². The Morgan fingerprint density at radius 2 is 1.83 bits per heavy atom. The molecule has 0 aliphatic rings. The SMILES string of the molecule is Cc1cc(=O)c(O)c(CN(C)C)n1Cc1ccc(C(=O)O)cc1. The van der Waals surface area contributed by atoms with Crippen LogP contribution >= 0.6 is 0 Å². The third-order valence-electron chi connectivity index (χ3n) is 3.61. The molecule has 0 bridgehead atoms. The lowest BCUT2D eigenvalue weighted by Gasteiger charge is -2.20. The summed E-state index contributed by atoms with van der Waals surface area (Å²) in [7, 11) is 3.72. The number of aromatic hydroxyl groups is 1. The summed E-state index contributed by atoms with van der Waals surface area (Å²) in [6.45, 7) is 2.68. The van der Waals surface area contributed by atoms with Gasteiger partial charge in [-0.2, -0.15) is 0 Å². The molecule has 0 spiro atoms. The van der Waals surface area contributed by atoms with Gasteiger partial charge in [0.1, 0.15) is 0 Å². The number of hydrogen-bond acceptors (Lipinski definition) is 4. The van der Waals surface area contributed by atoms with E-state index in [-0.39, 0.29) is 11.3 Å². The summed E-state index contributed by atoms with van der Waals surface area (Å²) >= 11 is 0. The molecule has 0 unspecified atom stereocenters. The van der Waals surface area contributed by atoms with Gasteiger partial charge in [-0.3, -0.25) is 4.79 Å². The smallest absolute Gasteiger partial charge is 0.335 e. The highest BCUT2D eigenvalue weighted by molar-refractivity contribution is 5.87. The van der Waals surface area contributed by atoms with Crippen molar-refractivity contribution in [2.45, 2.75) is 20.0 Å².